The third kappa shape index (κ3) is 4.64. The topological polar surface area (TPSA) is 35.5 Å². The van der Waals surface area contributed by atoms with Crippen LogP contribution in [0.1, 0.15) is 16.7 Å². The highest BCUT2D eigenvalue weighted by Gasteiger charge is 2.07. The number of hydrogen-bond donors (Lipinski definition) is 0. The van der Waals surface area contributed by atoms with E-state index in [2.05, 4.69) is 31.2 Å². The molecule has 3 rings (SSSR count). The minimum absolute atomic E-state index is 0.424. The lowest BCUT2D eigenvalue weighted by Gasteiger charge is -2.09. The molecule has 0 saturated carbocycles. The van der Waals surface area contributed by atoms with Gasteiger partial charge in [-0.3, -0.25) is 0 Å². The summed E-state index contributed by atoms with van der Waals surface area (Å²) in [5, 5.41) is 0. The first-order valence-corrected chi connectivity index (χ1v) is 8.77. The quantitative estimate of drug-likeness (QED) is 0.338. The summed E-state index contributed by atoms with van der Waals surface area (Å²) in [7, 11) is 1.60. The fourth-order valence-corrected chi connectivity index (χ4v) is 2.79. The van der Waals surface area contributed by atoms with Gasteiger partial charge in [0.1, 0.15) is 11.5 Å². The molecular weight excluding hydrogens is 336 g/mol. The number of rotatable bonds is 5. The highest BCUT2D eigenvalue weighted by atomic mass is 16.5. The molecule has 0 aromatic heterocycles. The van der Waals surface area contributed by atoms with Crippen LogP contribution in [-0.2, 0) is 4.79 Å². The van der Waals surface area contributed by atoms with Crippen LogP contribution in [0.25, 0.3) is 17.2 Å². The number of hydrogen-bond acceptors (Lipinski definition) is 3. The molecule has 0 amide bonds. The van der Waals surface area contributed by atoms with Crippen LogP contribution in [0.3, 0.4) is 0 Å². The van der Waals surface area contributed by atoms with Crippen molar-refractivity contribution in [2.24, 2.45) is 0 Å². The molecule has 0 N–H and O–H groups in total. The summed E-state index contributed by atoms with van der Waals surface area (Å²) >= 11 is 0. The standard InChI is InChI=1S/C24H22O3/c1-17-8-10-19(11-9-17)21-12-14-22(18(2)16-21)27-24(25)15-13-20-6-4-5-7-23(20)26-3/h4-16H,1-3H3. The van der Waals surface area contributed by atoms with Gasteiger partial charge in [-0.15, -0.1) is 0 Å². The third-order valence-electron chi connectivity index (χ3n) is 4.31. The Kier molecular flexibility index (Phi) is 5.72. The third-order valence-corrected chi connectivity index (χ3v) is 4.31. The molecule has 0 radical (unpaired) electrons. The molecule has 3 heteroatoms. The van der Waals surface area contributed by atoms with Crippen molar-refractivity contribution in [3.8, 4) is 22.6 Å². The molecule has 0 aliphatic carbocycles. The van der Waals surface area contributed by atoms with E-state index in [0.29, 0.717) is 11.5 Å². The number of benzene rings is 3. The van der Waals surface area contributed by atoms with Crippen LogP contribution in [0.5, 0.6) is 11.5 Å². The summed E-state index contributed by atoms with van der Waals surface area (Å²) in [5.74, 6) is 0.841. The van der Waals surface area contributed by atoms with E-state index >= 15 is 0 Å². The van der Waals surface area contributed by atoms with Gasteiger partial charge in [0.25, 0.3) is 0 Å². The normalized spacial score (nSPS) is 10.8. The molecule has 0 aliphatic heterocycles. The van der Waals surface area contributed by atoms with E-state index < -0.39 is 5.97 Å². The molecule has 27 heavy (non-hydrogen) atoms. The average Bonchev–Trinajstić information content (AvgIpc) is 2.69. The van der Waals surface area contributed by atoms with Gasteiger partial charge in [0, 0.05) is 11.6 Å². The summed E-state index contributed by atoms with van der Waals surface area (Å²) in [4.78, 5) is 12.2. The predicted octanol–water partition coefficient (Wildman–Crippen LogP) is 5.60. The van der Waals surface area contributed by atoms with Crippen LogP contribution in [0.4, 0.5) is 0 Å². The average molecular weight is 358 g/mol. The van der Waals surface area contributed by atoms with Crippen LogP contribution in [-0.4, -0.2) is 13.1 Å². The van der Waals surface area contributed by atoms with Crippen molar-refractivity contribution in [2.75, 3.05) is 7.11 Å². The van der Waals surface area contributed by atoms with Crippen LogP contribution in [0, 0.1) is 13.8 Å². The Labute approximate surface area is 159 Å². The van der Waals surface area contributed by atoms with Crippen LogP contribution in [0.2, 0.25) is 0 Å². The van der Waals surface area contributed by atoms with Gasteiger partial charge in [-0.05, 0) is 54.8 Å². The lowest BCUT2D eigenvalue weighted by molar-refractivity contribution is -0.128. The van der Waals surface area contributed by atoms with Gasteiger partial charge in [-0.2, -0.15) is 0 Å². The van der Waals surface area contributed by atoms with Crippen molar-refractivity contribution >= 4 is 12.0 Å². The number of carbonyl (C=O) groups is 1. The molecular formula is C24H22O3. The Balaban J connectivity index is 1.72. The summed E-state index contributed by atoms with van der Waals surface area (Å²) in [6.45, 7) is 4.00. The lowest BCUT2D eigenvalue weighted by Crippen LogP contribution is -2.05. The molecule has 3 nitrogen and oxygen atoms in total. The highest BCUT2D eigenvalue weighted by Crippen LogP contribution is 2.27. The molecule has 3 aromatic rings. The van der Waals surface area contributed by atoms with E-state index in [1.807, 2.05) is 49.4 Å². The molecule has 0 unspecified atom stereocenters. The van der Waals surface area contributed by atoms with E-state index in [9.17, 15) is 4.79 Å². The number of methoxy groups -OCH3 is 1. The number of esters is 1. The number of ether oxygens (including phenoxy) is 2. The summed E-state index contributed by atoms with van der Waals surface area (Å²) < 4.78 is 10.8. The zero-order valence-corrected chi connectivity index (χ0v) is 15.7. The Morgan fingerprint density at radius 1 is 0.852 bits per heavy atom. The zero-order valence-electron chi connectivity index (χ0n) is 15.7. The van der Waals surface area contributed by atoms with E-state index in [1.54, 1.807) is 13.2 Å². The number of para-hydroxylation sites is 1. The maximum atomic E-state index is 12.2. The zero-order chi connectivity index (χ0) is 19.2. The minimum atomic E-state index is -0.424. The summed E-state index contributed by atoms with van der Waals surface area (Å²) in [6, 6.07) is 21.7. The molecule has 0 heterocycles. The first-order chi connectivity index (χ1) is 13.1. The first kappa shape index (κ1) is 18.5. The van der Waals surface area contributed by atoms with Gasteiger partial charge in [-0.1, -0.05) is 54.1 Å². The molecule has 0 bridgehead atoms. The predicted molar refractivity (Wildman–Crippen MR) is 109 cm³/mol. The first-order valence-electron chi connectivity index (χ1n) is 8.77. The van der Waals surface area contributed by atoms with E-state index in [-0.39, 0.29) is 0 Å². The number of carbonyl (C=O) groups excluding carboxylic acids is 1. The van der Waals surface area contributed by atoms with Crippen LogP contribution < -0.4 is 9.47 Å². The lowest BCUT2D eigenvalue weighted by atomic mass is 10.0. The Hall–Kier alpha value is -3.33. The van der Waals surface area contributed by atoms with Gasteiger partial charge in [0.05, 0.1) is 7.11 Å². The second-order valence-corrected chi connectivity index (χ2v) is 6.34. The minimum Gasteiger partial charge on any atom is -0.496 e. The van der Waals surface area contributed by atoms with Crippen molar-refractivity contribution in [2.45, 2.75) is 13.8 Å². The highest BCUT2D eigenvalue weighted by molar-refractivity contribution is 5.89. The summed E-state index contributed by atoms with van der Waals surface area (Å²) in [6.07, 6.45) is 3.10. The SMILES string of the molecule is COc1ccccc1C=CC(=O)Oc1ccc(-c2ccc(C)cc2)cc1C. The fourth-order valence-electron chi connectivity index (χ4n) is 2.79. The maximum absolute atomic E-state index is 12.2. The van der Waals surface area contributed by atoms with Gasteiger partial charge < -0.3 is 9.47 Å². The van der Waals surface area contributed by atoms with Crippen molar-refractivity contribution in [3.05, 3.63) is 89.5 Å². The molecule has 0 saturated heterocycles. The largest absolute Gasteiger partial charge is 0.496 e. The molecule has 136 valence electrons. The maximum Gasteiger partial charge on any atom is 0.336 e. The molecule has 0 aliphatic rings. The van der Waals surface area contributed by atoms with Crippen molar-refractivity contribution in [1.82, 2.24) is 0 Å². The van der Waals surface area contributed by atoms with Gasteiger partial charge in [-0.25, -0.2) is 4.79 Å². The molecule has 0 atom stereocenters. The van der Waals surface area contributed by atoms with Gasteiger partial charge >= 0.3 is 5.97 Å². The second kappa shape index (κ2) is 8.37. The molecule has 3 aromatic carbocycles. The van der Waals surface area contributed by atoms with Gasteiger partial charge in [0.15, 0.2) is 0 Å². The monoisotopic (exact) mass is 358 g/mol. The van der Waals surface area contributed by atoms with E-state index in [4.69, 9.17) is 9.47 Å². The Morgan fingerprint density at radius 2 is 1.56 bits per heavy atom. The van der Waals surface area contributed by atoms with Gasteiger partial charge in [0.2, 0.25) is 0 Å². The molecule has 0 spiro atoms. The van der Waals surface area contributed by atoms with E-state index in [1.165, 1.54) is 11.6 Å². The van der Waals surface area contributed by atoms with Crippen molar-refractivity contribution < 1.29 is 14.3 Å². The molecule has 0 fully saturated rings. The Morgan fingerprint density at radius 3 is 2.26 bits per heavy atom. The number of aryl methyl sites for hydroxylation is 2. The smallest absolute Gasteiger partial charge is 0.336 e. The van der Waals surface area contributed by atoms with Crippen LogP contribution >= 0.6 is 0 Å². The van der Waals surface area contributed by atoms with Crippen molar-refractivity contribution in [1.29, 1.82) is 0 Å². The fraction of sp³-hybridized carbons (Fsp3) is 0.125. The van der Waals surface area contributed by atoms with E-state index in [0.717, 1.165) is 22.3 Å². The Bertz CT molecular complexity index is 969. The van der Waals surface area contributed by atoms with Crippen LogP contribution in [0.15, 0.2) is 72.8 Å². The van der Waals surface area contributed by atoms with Crippen molar-refractivity contribution in [3.63, 3.8) is 0 Å². The second-order valence-electron chi connectivity index (χ2n) is 6.34. The summed E-state index contributed by atoms with van der Waals surface area (Å²) in [5.41, 5.74) is 5.19.